The topological polar surface area (TPSA) is 141 Å². The normalized spacial score (nSPS) is 14.3. The Morgan fingerprint density at radius 2 is 1.71 bits per heavy atom. The number of hydrogen-bond acceptors (Lipinski definition) is 8. The van der Waals surface area contributed by atoms with Crippen molar-refractivity contribution in [1.29, 1.82) is 0 Å². The van der Waals surface area contributed by atoms with Gasteiger partial charge in [-0.15, -0.1) is 0 Å². The first-order valence-corrected chi connectivity index (χ1v) is 11.2. The van der Waals surface area contributed by atoms with Crippen LogP contribution in [0.5, 0.6) is 0 Å². The zero-order chi connectivity index (χ0) is 22.8. The van der Waals surface area contributed by atoms with Crippen LogP contribution >= 0.6 is 0 Å². The van der Waals surface area contributed by atoms with Crippen LogP contribution in [0.25, 0.3) is 0 Å². The second kappa shape index (κ2) is 8.64. The summed E-state index contributed by atoms with van der Waals surface area (Å²) in [4.78, 5) is 49.3. The fraction of sp³-hybridized carbons (Fsp3) is 0.250. The highest BCUT2D eigenvalue weighted by atomic mass is 32.2. The fourth-order valence-electron chi connectivity index (χ4n) is 3.18. The third kappa shape index (κ3) is 4.94. The molecule has 0 saturated heterocycles. The number of fused-ring (bicyclic) bond motifs is 1. The van der Waals surface area contributed by atoms with E-state index in [-0.39, 0.29) is 29.8 Å². The van der Waals surface area contributed by atoms with E-state index in [0.29, 0.717) is 10.5 Å². The lowest BCUT2D eigenvalue weighted by atomic mass is 10.1. The largest absolute Gasteiger partial charge is 0.459 e. The van der Waals surface area contributed by atoms with Gasteiger partial charge in [0.05, 0.1) is 21.8 Å². The number of nitrogens with zero attached hydrogens (tertiary/aromatic N) is 2. The van der Waals surface area contributed by atoms with Gasteiger partial charge in [0.1, 0.15) is 22.5 Å². The summed E-state index contributed by atoms with van der Waals surface area (Å²) >= 11 is 0. The van der Waals surface area contributed by atoms with E-state index in [1.54, 1.807) is 12.1 Å². The van der Waals surface area contributed by atoms with Crippen LogP contribution in [0.4, 0.5) is 5.69 Å². The van der Waals surface area contributed by atoms with Crippen molar-refractivity contribution in [3.8, 4) is 0 Å². The Kier molecular flexibility index (Phi) is 6.16. The van der Waals surface area contributed by atoms with E-state index in [9.17, 15) is 32.9 Å². The van der Waals surface area contributed by atoms with Crippen LogP contribution in [0.3, 0.4) is 0 Å². The van der Waals surface area contributed by atoms with Crippen molar-refractivity contribution in [2.75, 3.05) is 12.0 Å². The van der Waals surface area contributed by atoms with Crippen LogP contribution in [0, 0.1) is 10.1 Å². The molecule has 162 valence electrons. The minimum atomic E-state index is -3.50. The van der Waals surface area contributed by atoms with Gasteiger partial charge in [-0.25, -0.2) is 13.2 Å². The van der Waals surface area contributed by atoms with Gasteiger partial charge in [-0.05, 0) is 24.1 Å². The third-order valence-corrected chi connectivity index (χ3v) is 5.65. The maximum Gasteiger partial charge on any atom is 0.329 e. The van der Waals surface area contributed by atoms with Gasteiger partial charge in [0.2, 0.25) is 0 Å². The SMILES string of the molecule is CS(=O)(=O)CC[C@@H](C(=O)OCc1cccc([N+](=O)[O-])c1)N1C(=O)c2ccccc2C1=O. The van der Waals surface area contributed by atoms with Crippen molar-refractivity contribution < 1.29 is 32.5 Å². The molecule has 3 rings (SSSR count). The van der Waals surface area contributed by atoms with Crippen molar-refractivity contribution in [2.45, 2.75) is 19.1 Å². The molecule has 11 heteroatoms. The highest BCUT2D eigenvalue weighted by molar-refractivity contribution is 7.90. The van der Waals surface area contributed by atoms with E-state index in [0.717, 1.165) is 6.26 Å². The lowest BCUT2D eigenvalue weighted by Gasteiger charge is -2.24. The zero-order valence-electron chi connectivity index (χ0n) is 16.4. The van der Waals surface area contributed by atoms with Crippen LogP contribution in [0.1, 0.15) is 32.7 Å². The monoisotopic (exact) mass is 446 g/mol. The number of carbonyl (C=O) groups excluding carboxylic acids is 3. The smallest absolute Gasteiger partial charge is 0.329 e. The molecule has 0 bridgehead atoms. The second-order valence-corrected chi connectivity index (χ2v) is 9.25. The number of rotatable bonds is 8. The average molecular weight is 446 g/mol. The molecule has 1 aliphatic heterocycles. The van der Waals surface area contributed by atoms with Gasteiger partial charge in [-0.2, -0.15) is 0 Å². The fourth-order valence-corrected chi connectivity index (χ4v) is 3.83. The molecule has 2 aromatic carbocycles. The Morgan fingerprint density at radius 3 is 2.26 bits per heavy atom. The quantitative estimate of drug-likeness (QED) is 0.258. The Labute approximate surface area is 177 Å². The van der Waals surface area contributed by atoms with Crippen LogP contribution < -0.4 is 0 Å². The zero-order valence-corrected chi connectivity index (χ0v) is 17.2. The molecule has 0 saturated carbocycles. The lowest BCUT2D eigenvalue weighted by Crippen LogP contribution is -2.46. The number of carbonyl (C=O) groups is 3. The molecule has 0 unspecified atom stereocenters. The molecule has 0 aliphatic carbocycles. The van der Waals surface area contributed by atoms with Crippen molar-refractivity contribution >= 4 is 33.3 Å². The van der Waals surface area contributed by atoms with Gasteiger partial charge in [0, 0.05) is 18.4 Å². The number of sulfone groups is 1. The molecule has 1 heterocycles. The second-order valence-electron chi connectivity index (χ2n) is 6.99. The predicted octanol–water partition coefficient (Wildman–Crippen LogP) is 1.74. The molecule has 31 heavy (non-hydrogen) atoms. The number of hydrogen-bond donors (Lipinski definition) is 0. The maximum absolute atomic E-state index is 12.8. The summed E-state index contributed by atoms with van der Waals surface area (Å²) in [6.07, 6.45) is 0.638. The molecule has 2 amide bonds. The van der Waals surface area contributed by atoms with Crippen LogP contribution in [0.2, 0.25) is 0 Å². The molecule has 10 nitrogen and oxygen atoms in total. The predicted molar refractivity (Wildman–Crippen MR) is 108 cm³/mol. The molecule has 0 fully saturated rings. The van der Waals surface area contributed by atoms with E-state index >= 15 is 0 Å². The molecular weight excluding hydrogens is 428 g/mol. The van der Waals surface area contributed by atoms with Gasteiger partial charge >= 0.3 is 5.97 Å². The average Bonchev–Trinajstić information content (AvgIpc) is 2.97. The number of amides is 2. The summed E-state index contributed by atoms with van der Waals surface area (Å²) in [5.41, 5.74) is 0.362. The van der Waals surface area contributed by atoms with Crippen molar-refractivity contribution in [2.24, 2.45) is 0 Å². The molecular formula is C20H18N2O8S. The van der Waals surface area contributed by atoms with Gasteiger partial charge in [0.15, 0.2) is 0 Å². The summed E-state index contributed by atoms with van der Waals surface area (Å²) in [5.74, 6) is -2.86. The molecule has 1 atom stereocenters. The summed E-state index contributed by atoms with van der Waals surface area (Å²) in [7, 11) is -3.50. The van der Waals surface area contributed by atoms with Crippen LogP contribution in [0.15, 0.2) is 48.5 Å². The molecule has 0 aromatic heterocycles. The Bertz CT molecular complexity index is 1140. The lowest BCUT2D eigenvalue weighted by molar-refractivity contribution is -0.384. The van der Waals surface area contributed by atoms with E-state index < -0.39 is 44.3 Å². The summed E-state index contributed by atoms with van der Waals surface area (Å²) in [5, 5.41) is 10.9. The molecule has 1 aliphatic rings. The first-order valence-electron chi connectivity index (χ1n) is 9.13. The van der Waals surface area contributed by atoms with E-state index in [4.69, 9.17) is 4.74 Å². The Hall–Kier alpha value is -3.60. The Balaban J connectivity index is 1.83. The number of non-ortho nitro benzene ring substituents is 1. The van der Waals surface area contributed by atoms with Crippen LogP contribution in [-0.2, 0) is 26.0 Å². The first kappa shape index (κ1) is 22.1. The van der Waals surface area contributed by atoms with Gasteiger partial charge in [-0.3, -0.25) is 24.6 Å². The van der Waals surface area contributed by atoms with Gasteiger partial charge < -0.3 is 4.74 Å². The van der Waals surface area contributed by atoms with E-state index in [1.165, 1.54) is 36.4 Å². The van der Waals surface area contributed by atoms with Crippen LogP contribution in [-0.4, -0.2) is 54.1 Å². The molecule has 2 aromatic rings. The highest BCUT2D eigenvalue weighted by Crippen LogP contribution is 2.26. The van der Waals surface area contributed by atoms with E-state index in [1.807, 2.05) is 0 Å². The molecule has 0 radical (unpaired) electrons. The number of ether oxygens (including phenoxy) is 1. The van der Waals surface area contributed by atoms with Crippen molar-refractivity contribution in [3.05, 3.63) is 75.3 Å². The van der Waals surface area contributed by atoms with Gasteiger partial charge in [0.25, 0.3) is 17.5 Å². The number of imide groups is 1. The molecule has 0 N–H and O–H groups in total. The summed E-state index contributed by atoms with van der Waals surface area (Å²) < 4.78 is 28.5. The minimum absolute atomic E-state index is 0.114. The maximum atomic E-state index is 12.8. The standard InChI is InChI=1S/C20H18N2O8S/c1-31(28,29)10-9-17(21-18(23)15-7-2-3-8-16(15)19(21)24)20(25)30-12-13-5-4-6-14(11-13)22(26)27/h2-8,11,17H,9-10,12H2,1H3/t17-/m0/s1. The number of esters is 1. The van der Waals surface area contributed by atoms with E-state index in [2.05, 4.69) is 0 Å². The summed E-state index contributed by atoms with van der Waals surface area (Å²) in [6, 6.07) is 10.00. The minimum Gasteiger partial charge on any atom is -0.459 e. The number of nitro benzene ring substituents is 1. The molecule has 0 spiro atoms. The third-order valence-electron chi connectivity index (χ3n) is 4.67. The van der Waals surface area contributed by atoms with Crippen molar-refractivity contribution in [3.63, 3.8) is 0 Å². The summed E-state index contributed by atoms with van der Waals surface area (Å²) in [6.45, 7) is -0.348. The Morgan fingerprint density at radius 1 is 1.10 bits per heavy atom. The number of nitro groups is 1. The van der Waals surface area contributed by atoms with Crippen molar-refractivity contribution in [1.82, 2.24) is 4.90 Å². The highest BCUT2D eigenvalue weighted by Gasteiger charge is 2.43. The first-order chi connectivity index (χ1) is 14.6. The number of benzene rings is 2. The van der Waals surface area contributed by atoms with Gasteiger partial charge in [-0.1, -0.05) is 24.3 Å².